The molecule has 138 valence electrons. The van der Waals surface area contributed by atoms with Crippen LogP contribution >= 0.6 is 0 Å². The molecular formula is C22H19N5O. The summed E-state index contributed by atoms with van der Waals surface area (Å²) < 4.78 is 1.71. The number of rotatable bonds is 5. The van der Waals surface area contributed by atoms with Crippen LogP contribution in [0.1, 0.15) is 29.0 Å². The van der Waals surface area contributed by atoms with Gasteiger partial charge in [-0.15, -0.1) is 0 Å². The molecule has 3 aromatic heterocycles. The van der Waals surface area contributed by atoms with Crippen LogP contribution in [0.4, 0.5) is 0 Å². The molecule has 4 aromatic rings. The summed E-state index contributed by atoms with van der Waals surface area (Å²) in [5, 5.41) is 7.66. The van der Waals surface area contributed by atoms with Crippen molar-refractivity contribution in [2.45, 2.75) is 13.0 Å². The van der Waals surface area contributed by atoms with Gasteiger partial charge in [-0.25, -0.2) is 4.68 Å². The molecule has 1 aromatic carbocycles. The molecule has 4 rings (SSSR count). The number of nitrogens with one attached hydrogen (secondary N) is 1. The quantitative estimate of drug-likeness (QED) is 0.580. The Labute approximate surface area is 162 Å². The van der Waals surface area contributed by atoms with Crippen LogP contribution in [0.2, 0.25) is 0 Å². The summed E-state index contributed by atoms with van der Waals surface area (Å²) in [5.74, 6) is -0.209. The molecule has 1 N–H and O–H groups in total. The highest BCUT2D eigenvalue weighted by molar-refractivity contribution is 6.00. The van der Waals surface area contributed by atoms with Gasteiger partial charge in [0.1, 0.15) is 5.69 Å². The molecule has 1 amide bonds. The van der Waals surface area contributed by atoms with Crippen molar-refractivity contribution in [3.63, 3.8) is 0 Å². The van der Waals surface area contributed by atoms with E-state index in [1.165, 1.54) is 0 Å². The van der Waals surface area contributed by atoms with E-state index < -0.39 is 0 Å². The van der Waals surface area contributed by atoms with Gasteiger partial charge in [-0.2, -0.15) is 5.10 Å². The molecule has 28 heavy (non-hydrogen) atoms. The van der Waals surface area contributed by atoms with Crippen LogP contribution in [0.15, 0.2) is 85.5 Å². The van der Waals surface area contributed by atoms with Gasteiger partial charge in [-0.3, -0.25) is 14.8 Å². The Morgan fingerprint density at radius 3 is 2.54 bits per heavy atom. The van der Waals surface area contributed by atoms with Gasteiger partial charge in [0.15, 0.2) is 0 Å². The molecule has 0 fully saturated rings. The number of amides is 1. The number of benzene rings is 1. The molecule has 0 radical (unpaired) electrons. The fourth-order valence-electron chi connectivity index (χ4n) is 2.95. The Bertz CT molecular complexity index is 1060. The number of nitrogens with zero attached hydrogens (tertiary/aromatic N) is 4. The van der Waals surface area contributed by atoms with Gasteiger partial charge in [-0.1, -0.05) is 24.3 Å². The SMILES string of the molecule is C[C@@H](NC(=O)c1cn(-c2ccccc2)nc1-c1cccnc1)c1ccccn1. The Morgan fingerprint density at radius 1 is 1.00 bits per heavy atom. The number of carbonyl (C=O) groups excluding carboxylic acids is 1. The first-order valence-corrected chi connectivity index (χ1v) is 8.99. The number of hydrogen-bond acceptors (Lipinski definition) is 4. The second kappa shape index (κ2) is 7.84. The lowest BCUT2D eigenvalue weighted by molar-refractivity contribution is 0.0939. The van der Waals surface area contributed by atoms with Crippen LogP contribution in [0.3, 0.4) is 0 Å². The molecule has 6 nitrogen and oxygen atoms in total. The molecule has 0 aliphatic rings. The monoisotopic (exact) mass is 369 g/mol. The van der Waals surface area contributed by atoms with Gasteiger partial charge in [0.05, 0.1) is 23.0 Å². The van der Waals surface area contributed by atoms with Crippen LogP contribution in [0, 0.1) is 0 Å². The summed E-state index contributed by atoms with van der Waals surface area (Å²) in [5.41, 5.74) is 3.54. The molecule has 6 heteroatoms. The normalized spacial score (nSPS) is 11.8. The average Bonchev–Trinajstić information content (AvgIpc) is 3.21. The van der Waals surface area contributed by atoms with E-state index in [4.69, 9.17) is 0 Å². The van der Waals surface area contributed by atoms with Crippen molar-refractivity contribution in [1.29, 1.82) is 0 Å². The van der Waals surface area contributed by atoms with Crippen molar-refractivity contribution in [2.24, 2.45) is 0 Å². The maximum Gasteiger partial charge on any atom is 0.255 e. The van der Waals surface area contributed by atoms with Gasteiger partial charge in [0.25, 0.3) is 5.91 Å². The van der Waals surface area contributed by atoms with Gasteiger partial charge in [-0.05, 0) is 43.3 Å². The van der Waals surface area contributed by atoms with Crippen molar-refractivity contribution in [2.75, 3.05) is 0 Å². The highest BCUT2D eigenvalue weighted by atomic mass is 16.1. The van der Waals surface area contributed by atoms with E-state index in [-0.39, 0.29) is 11.9 Å². The number of carbonyl (C=O) groups is 1. The van der Waals surface area contributed by atoms with Crippen molar-refractivity contribution in [1.82, 2.24) is 25.1 Å². The molecule has 0 unspecified atom stereocenters. The molecule has 0 aliphatic carbocycles. The maximum absolute atomic E-state index is 13.1. The topological polar surface area (TPSA) is 72.7 Å². The van der Waals surface area contributed by atoms with E-state index in [0.29, 0.717) is 11.3 Å². The number of pyridine rings is 2. The number of aromatic nitrogens is 4. The van der Waals surface area contributed by atoms with E-state index >= 15 is 0 Å². The second-order valence-electron chi connectivity index (χ2n) is 6.36. The average molecular weight is 369 g/mol. The van der Waals surface area contributed by atoms with Crippen LogP contribution in [-0.2, 0) is 0 Å². The Kier molecular flexibility index (Phi) is 4.93. The third-order valence-electron chi connectivity index (χ3n) is 4.39. The fourth-order valence-corrected chi connectivity index (χ4v) is 2.95. The van der Waals surface area contributed by atoms with Crippen LogP contribution in [-0.4, -0.2) is 25.7 Å². The molecule has 0 saturated heterocycles. The van der Waals surface area contributed by atoms with Crippen LogP contribution in [0.25, 0.3) is 16.9 Å². The summed E-state index contributed by atoms with van der Waals surface area (Å²) in [4.78, 5) is 21.5. The van der Waals surface area contributed by atoms with Crippen molar-refractivity contribution in [3.8, 4) is 16.9 Å². The van der Waals surface area contributed by atoms with Gasteiger partial charge in [0.2, 0.25) is 0 Å². The van der Waals surface area contributed by atoms with Gasteiger partial charge < -0.3 is 5.32 Å². The summed E-state index contributed by atoms with van der Waals surface area (Å²) in [6.45, 7) is 1.91. The summed E-state index contributed by atoms with van der Waals surface area (Å²) in [7, 11) is 0. The largest absolute Gasteiger partial charge is 0.344 e. The van der Waals surface area contributed by atoms with Gasteiger partial charge >= 0.3 is 0 Å². The third kappa shape index (κ3) is 3.66. The zero-order chi connectivity index (χ0) is 19.3. The highest BCUT2D eigenvalue weighted by Gasteiger charge is 2.21. The van der Waals surface area contributed by atoms with Crippen LogP contribution in [0.5, 0.6) is 0 Å². The molecule has 1 atom stereocenters. The standard InChI is InChI=1S/C22H19N5O/c1-16(20-11-5-6-13-24-20)25-22(28)19-15-27(18-9-3-2-4-10-18)26-21(19)17-8-7-12-23-14-17/h2-16H,1H3,(H,25,28)/t16-/m1/s1. The minimum absolute atomic E-state index is 0.209. The Balaban J connectivity index is 1.70. The molecule has 0 spiro atoms. The smallest absolute Gasteiger partial charge is 0.255 e. The zero-order valence-corrected chi connectivity index (χ0v) is 15.4. The first-order valence-electron chi connectivity index (χ1n) is 8.99. The second-order valence-corrected chi connectivity index (χ2v) is 6.36. The number of para-hydroxylation sites is 1. The Morgan fingerprint density at radius 2 is 1.82 bits per heavy atom. The highest BCUT2D eigenvalue weighted by Crippen LogP contribution is 2.24. The van der Waals surface area contributed by atoms with E-state index in [1.54, 1.807) is 29.5 Å². The van der Waals surface area contributed by atoms with Crippen LogP contribution < -0.4 is 5.32 Å². The predicted octanol–water partition coefficient (Wildman–Crippen LogP) is 3.82. The maximum atomic E-state index is 13.1. The van der Waals surface area contributed by atoms with Crippen molar-refractivity contribution in [3.05, 3.63) is 96.7 Å². The lowest BCUT2D eigenvalue weighted by atomic mass is 10.1. The van der Waals surface area contributed by atoms with E-state index in [0.717, 1.165) is 16.9 Å². The molecule has 0 bridgehead atoms. The predicted molar refractivity (Wildman–Crippen MR) is 107 cm³/mol. The number of hydrogen-bond donors (Lipinski definition) is 1. The molecule has 0 aliphatic heterocycles. The molecule has 3 heterocycles. The summed E-state index contributed by atoms with van der Waals surface area (Å²) in [6.07, 6.45) is 6.86. The van der Waals surface area contributed by atoms with E-state index in [9.17, 15) is 4.79 Å². The van der Waals surface area contributed by atoms with Crippen molar-refractivity contribution >= 4 is 5.91 Å². The lowest BCUT2D eigenvalue weighted by Gasteiger charge is -2.13. The minimum Gasteiger partial charge on any atom is -0.344 e. The van der Waals surface area contributed by atoms with E-state index in [1.807, 2.05) is 67.6 Å². The summed E-state index contributed by atoms with van der Waals surface area (Å²) in [6, 6.07) is 18.8. The fraction of sp³-hybridized carbons (Fsp3) is 0.0909. The van der Waals surface area contributed by atoms with E-state index in [2.05, 4.69) is 20.4 Å². The van der Waals surface area contributed by atoms with Gasteiger partial charge in [0, 0.05) is 30.4 Å². The zero-order valence-electron chi connectivity index (χ0n) is 15.4. The lowest BCUT2D eigenvalue weighted by Crippen LogP contribution is -2.27. The minimum atomic E-state index is -0.226. The first kappa shape index (κ1) is 17.6. The summed E-state index contributed by atoms with van der Waals surface area (Å²) >= 11 is 0. The molecular weight excluding hydrogens is 350 g/mol. The first-order chi connectivity index (χ1) is 13.7. The Hall–Kier alpha value is -3.80. The van der Waals surface area contributed by atoms with Crippen molar-refractivity contribution < 1.29 is 4.79 Å². The third-order valence-corrected chi connectivity index (χ3v) is 4.39. The molecule has 0 saturated carbocycles.